The Bertz CT molecular complexity index is 374. The van der Waals surface area contributed by atoms with Gasteiger partial charge in [0, 0.05) is 24.8 Å². The lowest BCUT2D eigenvalue weighted by atomic mass is 10.1. The fraction of sp³-hybridized carbons (Fsp3) is 0.733. The molecule has 1 N–H and O–H groups in total. The molecule has 1 unspecified atom stereocenters. The molecule has 0 spiro atoms. The first-order valence-corrected chi connectivity index (χ1v) is 7.55. The van der Waals surface area contributed by atoms with Gasteiger partial charge in [-0.15, -0.1) is 0 Å². The molecule has 4 heteroatoms. The van der Waals surface area contributed by atoms with Gasteiger partial charge in [0.15, 0.2) is 0 Å². The highest BCUT2D eigenvalue weighted by atomic mass is 15.1. The topological polar surface area (TPSA) is 41.0 Å². The number of piperidine rings is 1. The summed E-state index contributed by atoms with van der Waals surface area (Å²) in [5.74, 6) is 1.61. The average molecular weight is 262 g/mol. The Kier molecular flexibility index (Phi) is 5.58. The summed E-state index contributed by atoms with van der Waals surface area (Å²) >= 11 is 0. The molecule has 0 bridgehead atoms. The fourth-order valence-electron chi connectivity index (χ4n) is 2.61. The summed E-state index contributed by atoms with van der Waals surface area (Å²) < 4.78 is 0. The molecular weight excluding hydrogens is 236 g/mol. The fourth-order valence-corrected chi connectivity index (χ4v) is 2.61. The molecule has 1 saturated heterocycles. The van der Waals surface area contributed by atoms with E-state index >= 15 is 0 Å². The van der Waals surface area contributed by atoms with Gasteiger partial charge >= 0.3 is 0 Å². The Morgan fingerprint density at radius 3 is 2.79 bits per heavy atom. The Morgan fingerprint density at radius 2 is 2.05 bits per heavy atom. The Balaban J connectivity index is 1.74. The average Bonchev–Trinajstić information content (AvgIpc) is 2.46. The lowest BCUT2D eigenvalue weighted by molar-refractivity contribution is 0.204. The van der Waals surface area contributed by atoms with E-state index in [2.05, 4.69) is 34.0 Å². The van der Waals surface area contributed by atoms with Crippen LogP contribution in [-0.4, -0.2) is 41.0 Å². The second-order valence-corrected chi connectivity index (χ2v) is 5.60. The molecule has 0 aliphatic carbocycles. The molecule has 0 amide bonds. The van der Waals surface area contributed by atoms with Crippen molar-refractivity contribution >= 4 is 5.82 Å². The monoisotopic (exact) mass is 262 g/mol. The summed E-state index contributed by atoms with van der Waals surface area (Å²) in [5, 5.41) is 3.43. The second-order valence-electron chi connectivity index (χ2n) is 5.60. The third kappa shape index (κ3) is 4.78. The summed E-state index contributed by atoms with van der Waals surface area (Å²) in [7, 11) is 0. The predicted octanol–water partition coefficient (Wildman–Crippen LogP) is 2.57. The highest BCUT2D eigenvalue weighted by Crippen LogP contribution is 2.12. The van der Waals surface area contributed by atoms with E-state index in [0.29, 0.717) is 5.92 Å². The first-order valence-electron chi connectivity index (χ1n) is 7.55. The second kappa shape index (κ2) is 7.43. The first kappa shape index (κ1) is 14.3. The zero-order valence-corrected chi connectivity index (χ0v) is 12.2. The van der Waals surface area contributed by atoms with E-state index in [9.17, 15) is 0 Å². The largest absolute Gasteiger partial charge is 0.370 e. The maximum Gasteiger partial charge on any atom is 0.129 e. The number of aryl methyl sites for hydroxylation is 1. The molecule has 1 fully saturated rings. The molecule has 19 heavy (non-hydrogen) atoms. The van der Waals surface area contributed by atoms with Crippen molar-refractivity contribution in [2.24, 2.45) is 5.92 Å². The number of rotatable bonds is 6. The molecule has 1 aliphatic heterocycles. The van der Waals surface area contributed by atoms with Crippen molar-refractivity contribution in [1.82, 2.24) is 14.9 Å². The van der Waals surface area contributed by atoms with Crippen LogP contribution in [0.15, 0.2) is 12.4 Å². The molecular formula is C15H26N4. The van der Waals surface area contributed by atoms with Gasteiger partial charge in [-0.1, -0.05) is 20.3 Å². The van der Waals surface area contributed by atoms with E-state index in [1.165, 1.54) is 38.9 Å². The smallest absolute Gasteiger partial charge is 0.129 e. The quantitative estimate of drug-likeness (QED) is 0.855. The summed E-state index contributed by atoms with van der Waals surface area (Å²) in [6, 6.07) is 2.05. The highest BCUT2D eigenvalue weighted by Gasteiger charge is 2.13. The standard InChI is InChI=1S/C15H26N4/c1-3-14-9-15(18-12-17-14)16-10-13(2)11-19-7-5-4-6-8-19/h9,12-13H,3-8,10-11H2,1-2H3,(H,16,17,18). The summed E-state index contributed by atoms with van der Waals surface area (Å²) in [6.45, 7) is 9.15. The third-order valence-corrected chi connectivity index (χ3v) is 3.74. The predicted molar refractivity (Wildman–Crippen MR) is 79.4 cm³/mol. The van der Waals surface area contributed by atoms with Crippen LogP contribution in [0.1, 0.15) is 38.8 Å². The van der Waals surface area contributed by atoms with E-state index < -0.39 is 0 Å². The van der Waals surface area contributed by atoms with Gasteiger partial charge in [-0.25, -0.2) is 9.97 Å². The summed E-state index contributed by atoms with van der Waals surface area (Å²) in [5.41, 5.74) is 1.10. The highest BCUT2D eigenvalue weighted by molar-refractivity contribution is 5.34. The lowest BCUT2D eigenvalue weighted by Crippen LogP contribution is -2.35. The van der Waals surface area contributed by atoms with Gasteiger partial charge in [0.2, 0.25) is 0 Å². The van der Waals surface area contributed by atoms with Gasteiger partial charge < -0.3 is 10.2 Å². The Morgan fingerprint density at radius 1 is 1.26 bits per heavy atom. The number of hydrogen-bond acceptors (Lipinski definition) is 4. The normalized spacial score (nSPS) is 18.2. The minimum Gasteiger partial charge on any atom is -0.370 e. The molecule has 4 nitrogen and oxygen atoms in total. The maximum atomic E-state index is 4.27. The van der Waals surface area contributed by atoms with Crippen LogP contribution in [0.2, 0.25) is 0 Å². The van der Waals surface area contributed by atoms with Crippen molar-refractivity contribution in [2.75, 3.05) is 31.5 Å². The minimum atomic E-state index is 0.651. The van der Waals surface area contributed by atoms with Crippen molar-refractivity contribution in [3.05, 3.63) is 18.1 Å². The lowest BCUT2D eigenvalue weighted by Gasteiger charge is -2.29. The van der Waals surface area contributed by atoms with E-state index in [0.717, 1.165) is 24.5 Å². The van der Waals surface area contributed by atoms with Crippen LogP contribution in [0.4, 0.5) is 5.82 Å². The van der Waals surface area contributed by atoms with Crippen molar-refractivity contribution in [3.63, 3.8) is 0 Å². The third-order valence-electron chi connectivity index (χ3n) is 3.74. The van der Waals surface area contributed by atoms with Crippen molar-refractivity contribution in [1.29, 1.82) is 0 Å². The first-order chi connectivity index (χ1) is 9.28. The number of aromatic nitrogens is 2. The Hall–Kier alpha value is -1.16. The molecule has 2 rings (SSSR count). The maximum absolute atomic E-state index is 4.27. The molecule has 1 aliphatic rings. The van der Waals surface area contributed by atoms with E-state index in [4.69, 9.17) is 0 Å². The molecule has 0 aromatic carbocycles. The van der Waals surface area contributed by atoms with Gasteiger partial charge in [-0.3, -0.25) is 0 Å². The van der Waals surface area contributed by atoms with Gasteiger partial charge in [0.1, 0.15) is 12.1 Å². The van der Waals surface area contributed by atoms with Crippen LogP contribution in [0.25, 0.3) is 0 Å². The van der Waals surface area contributed by atoms with Crippen LogP contribution in [-0.2, 0) is 6.42 Å². The molecule has 106 valence electrons. The van der Waals surface area contributed by atoms with Crippen molar-refractivity contribution in [2.45, 2.75) is 39.5 Å². The number of likely N-dealkylation sites (tertiary alicyclic amines) is 1. The Labute approximate surface area is 116 Å². The van der Waals surface area contributed by atoms with Gasteiger partial charge in [0.05, 0.1) is 0 Å². The molecule has 0 saturated carbocycles. The van der Waals surface area contributed by atoms with Gasteiger partial charge in [-0.2, -0.15) is 0 Å². The molecule has 2 heterocycles. The van der Waals surface area contributed by atoms with Crippen LogP contribution in [0.3, 0.4) is 0 Å². The van der Waals surface area contributed by atoms with Crippen LogP contribution < -0.4 is 5.32 Å². The van der Waals surface area contributed by atoms with Crippen molar-refractivity contribution < 1.29 is 0 Å². The van der Waals surface area contributed by atoms with E-state index in [1.807, 2.05) is 6.07 Å². The van der Waals surface area contributed by atoms with Crippen LogP contribution in [0.5, 0.6) is 0 Å². The number of anilines is 1. The molecule has 1 aromatic heterocycles. The van der Waals surface area contributed by atoms with Crippen LogP contribution in [0, 0.1) is 5.92 Å². The zero-order chi connectivity index (χ0) is 13.5. The molecule has 0 radical (unpaired) electrons. The molecule has 1 aromatic rings. The molecule has 1 atom stereocenters. The van der Waals surface area contributed by atoms with Gasteiger partial charge in [-0.05, 0) is 38.3 Å². The zero-order valence-electron chi connectivity index (χ0n) is 12.2. The van der Waals surface area contributed by atoms with Crippen LogP contribution >= 0.6 is 0 Å². The van der Waals surface area contributed by atoms with Crippen molar-refractivity contribution in [3.8, 4) is 0 Å². The van der Waals surface area contributed by atoms with E-state index in [-0.39, 0.29) is 0 Å². The summed E-state index contributed by atoms with van der Waals surface area (Å²) in [6.07, 6.45) is 6.75. The number of nitrogens with one attached hydrogen (secondary N) is 1. The SMILES string of the molecule is CCc1cc(NCC(C)CN2CCCCC2)ncn1. The van der Waals surface area contributed by atoms with Gasteiger partial charge in [0.25, 0.3) is 0 Å². The number of hydrogen-bond donors (Lipinski definition) is 1. The van der Waals surface area contributed by atoms with E-state index in [1.54, 1.807) is 6.33 Å². The minimum absolute atomic E-state index is 0.651. The summed E-state index contributed by atoms with van der Waals surface area (Å²) in [4.78, 5) is 11.1. The number of nitrogens with zero attached hydrogens (tertiary/aromatic N) is 3.